The third-order valence-corrected chi connectivity index (χ3v) is 9.23. The lowest BCUT2D eigenvalue weighted by atomic mass is 10.1. The summed E-state index contributed by atoms with van der Waals surface area (Å²) >= 11 is 0. The van der Waals surface area contributed by atoms with Crippen LogP contribution in [0.15, 0.2) is 12.7 Å². The van der Waals surface area contributed by atoms with Crippen LogP contribution in [0.2, 0.25) is 0 Å². The van der Waals surface area contributed by atoms with Crippen LogP contribution in [0, 0.1) is 0 Å². The Kier molecular flexibility index (Phi) is 13.2. The van der Waals surface area contributed by atoms with Crippen LogP contribution in [-0.4, -0.2) is 169 Å². The maximum absolute atomic E-state index is 14.0. The highest BCUT2D eigenvalue weighted by Gasteiger charge is 2.58. The zero-order valence-electron chi connectivity index (χ0n) is 36.0. The number of nitrogens with zero attached hydrogens (tertiary/aromatic N) is 8. The number of nitrogens with one attached hydrogen (secondary N) is 1. The molecule has 21 heteroatoms. The van der Waals surface area contributed by atoms with Crippen molar-refractivity contribution in [2.24, 2.45) is 0 Å². The molecular weight excluding hydrogens is 772 g/mol. The first kappa shape index (κ1) is 45.1. The molecule has 4 atom stereocenters. The fraction of sp³-hybridized carbons (Fsp3) is 0.737. The molecule has 3 saturated heterocycles. The predicted octanol–water partition coefficient (Wildman–Crippen LogP) is 2.50. The maximum atomic E-state index is 14.0. The van der Waals surface area contributed by atoms with Gasteiger partial charge in [0.05, 0.1) is 12.9 Å². The second-order valence-electron chi connectivity index (χ2n) is 18.1. The van der Waals surface area contributed by atoms with Crippen molar-refractivity contribution >= 4 is 47.1 Å². The normalized spacial score (nSPS) is 23.2. The van der Waals surface area contributed by atoms with Crippen molar-refractivity contribution in [3.63, 3.8) is 0 Å². The van der Waals surface area contributed by atoms with Crippen LogP contribution < -0.4 is 11.1 Å². The van der Waals surface area contributed by atoms with Crippen molar-refractivity contribution in [1.82, 2.24) is 44.4 Å². The highest BCUT2D eigenvalue weighted by atomic mass is 16.8. The number of aromatic nitrogens is 4. The largest absolute Gasteiger partial charge is 0.444 e. The topological polar surface area (TPSA) is 235 Å². The fourth-order valence-corrected chi connectivity index (χ4v) is 6.63. The minimum absolute atomic E-state index is 0.000916. The molecule has 0 aliphatic carbocycles. The van der Waals surface area contributed by atoms with E-state index in [1.165, 1.54) is 32.3 Å². The summed E-state index contributed by atoms with van der Waals surface area (Å²) in [5.74, 6) is -2.01. The van der Waals surface area contributed by atoms with Gasteiger partial charge in [0, 0.05) is 52.4 Å². The van der Waals surface area contributed by atoms with Crippen molar-refractivity contribution < 1.29 is 52.4 Å². The molecule has 2 aromatic rings. The van der Waals surface area contributed by atoms with Gasteiger partial charge in [0.1, 0.15) is 40.9 Å². The number of rotatable bonds is 4. The van der Waals surface area contributed by atoms with E-state index < -0.39 is 83.8 Å². The van der Waals surface area contributed by atoms with E-state index in [0.29, 0.717) is 11.2 Å². The lowest BCUT2D eigenvalue weighted by Gasteiger charge is -2.36. The Balaban J connectivity index is 1.35. The first-order valence-electron chi connectivity index (χ1n) is 19.7. The number of fused-ring (bicyclic) bond motifs is 2. The fourth-order valence-electron chi connectivity index (χ4n) is 6.63. The van der Waals surface area contributed by atoms with Gasteiger partial charge in [0.25, 0.3) is 5.91 Å². The monoisotopic (exact) mass is 832 g/mol. The molecule has 21 nitrogen and oxygen atoms in total. The first-order valence-corrected chi connectivity index (χ1v) is 19.7. The molecule has 0 bridgehead atoms. The SMILES string of the molecule is CC(C)(C)OC(=O)N1CCN(C(=O)CNC(=O)[C@H]2O[C@@H](n3cnc4c(N)ncnc43)[C@@H]3OC(C)(C)O[C@@H]32)CCN(C(=O)OC(C)(C)C)CCN(C(=O)OC(C)(C)C)CC1. The molecule has 0 saturated carbocycles. The van der Waals surface area contributed by atoms with Gasteiger partial charge in [-0.1, -0.05) is 0 Å². The number of hydrogen-bond donors (Lipinski definition) is 2. The molecule has 5 rings (SSSR count). The minimum Gasteiger partial charge on any atom is -0.444 e. The van der Waals surface area contributed by atoms with Crippen LogP contribution in [0.3, 0.4) is 0 Å². The summed E-state index contributed by atoms with van der Waals surface area (Å²) in [5, 5.41) is 2.70. The van der Waals surface area contributed by atoms with Gasteiger partial charge >= 0.3 is 18.3 Å². The summed E-state index contributed by atoms with van der Waals surface area (Å²) in [6, 6.07) is 0. The number of hydrogen-bond acceptors (Lipinski definition) is 15. The molecule has 3 aliphatic heterocycles. The molecule has 3 fully saturated rings. The summed E-state index contributed by atoms with van der Waals surface area (Å²) in [4.78, 5) is 86.5. The van der Waals surface area contributed by atoms with Gasteiger partial charge in [-0.15, -0.1) is 0 Å². The van der Waals surface area contributed by atoms with Crippen molar-refractivity contribution in [2.45, 2.75) is 123 Å². The summed E-state index contributed by atoms with van der Waals surface area (Å²) in [6.45, 7) is 18.8. The molecule has 3 aliphatic rings. The third kappa shape index (κ3) is 11.8. The third-order valence-electron chi connectivity index (χ3n) is 9.23. The standard InChI is InChI=1S/C38H60N10O11/c1-35(2,3)57-32(51)45-14-12-44(13-15-46(33(52)58-36(4,5)6)17-19-47(18-16-45)34(53)59-37(7,8)9)23(49)20-40-30(50)26-25-27(56-38(10,11)55-25)31(54-26)48-22-43-24-28(39)41-21-42-29(24)48/h21-22,25-27,31H,12-20H2,1-11H3,(H,40,50)(H2,39,41,42)/t25-,26+,27-,31-/m1/s1. The van der Waals surface area contributed by atoms with Gasteiger partial charge in [-0.25, -0.2) is 29.3 Å². The van der Waals surface area contributed by atoms with Crippen LogP contribution in [-0.2, 0) is 38.0 Å². The maximum Gasteiger partial charge on any atom is 0.410 e. The highest BCUT2D eigenvalue weighted by Crippen LogP contribution is 2.44. The number of nitrogen functional groups attached to an aromatic ring is 1. The lowest BCUT2D eigenvalue weighted by Crippen LogP contribution is -2.53. The Bertz CT molecular complexity index is 1820. The molecule has 0 unspecified atom stereocenters. The minimum atomic E-state index is -1.19. The van der Waals surface area contributed by atoms with Crippen molar-refractivity contribution in [2.75, 3.05) is 64.6 Å². The van der Waals surface area contributed by atoms with Crippen molar-refractivity contribution in [3.05, 3.63) is 12.7 Å². The van der Waals surface area contributed by atoms with Gasteiger partial charge in [-0.2, -0.15) is 0 Å². The average molecular weight is 833 g/mol. The highest BCUT2D eigenvalue weighted by molar-refractivity contribution is 5.88. The number of carbonyl (C=O) groups is 5. The predicted molar refractivity (Wildman–Crippen MR) is 210 cm³/mol. The molecular formula is C38H60N10O11. The number of anilines is 1. The van der Waals surface area contributed by atoms with E-state index >= 15 is 0 Å². The number of ether oxygens (including phenoxy) is 6. The van der Waals surface area contributed by atoms with Gasteiger partial charge in [0.15, 0.2) is 29.6 Å². The van der Waals surface area contributed by atoms with E-state index in [1.54, 1.807) is 80.7 Å². The smallest absolute Gasteiger partial charge is 0.410 e. The van der Waals surface area contributed by atoms with Crippen LogP contribution in [0.4, 0.5) is 20.2 Å². The molecule has 59 heavy (non-hydrogen) atoms. The zero-order chi connectivity index (χ0) is 43.7. The van der Waals surface area contributed by atoms with Crippen molar-refractivity contribution in [3.8, 4) is 0 Å². The second kappa shape index (κ2) is 17.3. The number of amides is 5. The summed E-state index contributed by atoms with van der Waals surface area (Å²) in [5.41, 5.74) is 4.29. The van der Waals surface area contributed by atoms with Crippen LogP contribution in [0.1, 0.15) is 82.4 Å². The number of nitrogens with two attached hydrogens (primary N) is 1. The molecule has 5 heterocycles. The molecule has 328 valence electrons. The van der Waals surface area contributed by atoms with Gasteiger partial charge < -0.3 is 59.1 Å². The zero-order valence-corrected chi connectivity index (χ0v) is 36.0. The number of carbonyl (C=O) groups excluding carboxylic acids is 5. The van der Waals surface area contributed by atoms with E-state index in [2.05, 4.69) is 20.3 Å². The first-order chi connectivity index (χ1) is 27.3. The van der Waals surface area contributed by atoms with E-state index in [0.717, 1.165) is 0 Å². The Morgan fingerprint density at radius 3 is 1.61 bits per heavy atom. The Morgan fingerprint density at radius 1 is 0.712 bits per heavy atom. The Hall–Kier alpha value is -5.02. The lowest BCUT2D eigenvalue weighted by molar-refractivity contribution is -0.197. The number of imidazole rings is 1. The van der Waals surface area contributed by atoms with E-state index in [4.69, 9.17) is 34.2 Å². The quantitative estimate of drug-likeness (QED) is 0.421. The van der Waals surface area contributed by atoms with E-state index in [9.17, 15) is 24.0 Å². The van der Waals surface area contributed by atoms with E-state index in [1.807, 2.05) is 0 Å². The van der Waals surface area contributed by atoms with Gasteiger partial charge in [0.2, 0.25) is 5.91 Å². The van der Waals surface area contributed by atoms with Gasteiger partial charge in [-0.3, -0.25) is 14.2 Å². The van der Waals surface area contributed by atoms with Gasteiger partial charge in [-0.05, 0) is 76.2 Å². The van der Waals surface area contributed by atoms with Crippen LogP contribution >= 0.6 is 0 Å². The summed E-state index contributed by atoms with van der Waals surface area (Å²) in [7, 11) is 0. The molecule has 2 aromatic heterocycles. The summed E-state index contributed by atoms with van der Waals surface area (Å²) < 4.78 is 37.2. The Morgan fingerprint density at radius 2 is 1.15 bits per heavy atom. The van der Waals surface area contributed by atoms with Crippen molar-refractivity contribution in [1.29, 1.82) is 0 Å². The summed E-state index contributed by atoms with van der Waals surface area (Å²) in [6.07, 6.45) is -2.80. The molecule has 0 aromatic carbocycles. The van der Waals surface area contributed by atoms with E-state index in [-0.39, 0.29) is 58.2 Å². The molecule has 5 amide bonds. The molecule has 0 radical (unpaired) electrons. The Labute approximate surface area is 344 Å². The van der Waals surface area contributed by atoms with Crippen LogP contribution in [0.25, 0.3) is 11.2 Å². The molecule has 0 spiro atoms. The molecule has 3 N–H and O–H groups in total. The van der Waals surface area contributed by atoms with Crippen LogP contribution in [0.5, 0.6) is 0 Å². The second-order valence-corrected chi connectivity index (χ2v) is 18.1. The average Bonchev–Trinajstić information content (AvgIpc) is 3.76.